The zero-order chi connectivity index (χ0) is 22.7. The van der Waals surface area contributed by atoms with E-state index in [4.69, 9.17) is 9.47 Å². The van der Waals surface area contributed by atoms with Crippen LogP contribution in [0.5, 0.6) is 11.5 Å². The van der Waals surface area contributed by atoms with E-state index >= 15 is 0 Å². The van der Waals surface area contributed by atoms with E-state index < -0.39 is 0 Å². The number of hydrogen-bond donors (Lipinski definition) is 1. The number of ether oxygens (including phenoxy) is 2. The quantitative estimate of drug-likeness (QED) is 0.498. The van der Waals surface area contributed by atoms with E-state index in [9.17, 15) is 9.59 Å². The fourth-order valence-corrected chi connectivity index (χ4v) is 3.40. The molecule has 0 saturated heterocycles. The molecule has 0 aliphatic heterocycles. The van der Waals surface area contributed by atoms with Crippen molar-refractivity contribution in [2.75, 3.05) is 12.4 Å². The molecule has 1 N–H and O–H groups in total. The predicted molar refractivity (Wildman–Crippen MR) is 123 cm³/mol. The van der Waals surface area contributed by atoms with Gasteiger partial charge in [0.25, 0.3) is 11.5 Å². The maximum atomic E-state index is 12.7. The Morgan fingerprint density at radius 2 is 1.81 bits per heavy atom. The van der Waals surface area contributed by atoms with Crippen molar-refractivity contribution < 1.29 is 14.3 Å². The fraction of sp³-hybridized carbons (Fsp3) is 0.160. The molecule has 0 spiro atoms. The van der Waals surface area contributed by atoms with Crippen molar-refractivity contribution in [2.45, 2.75) is 20.5 Å². The Morgan fingerprint density at radius 1 is 1.00 bits per heavy atom. The Bertz CT molecular complexity index is 1360. The second kappa shape index (κ2) is 8.93. The lowest BCUT2D eigenvalue weighted by Crippen LogP contribution is -2.17. The summed E-state index contributed by atoms with van der Waals surface area (Å²) < 4.78 is 12.7. The number of carbonyl (C=O) groups is 1. The van der Waals surface area contributed by atoms with Gasteiger partial charge in [0, 0.05) is 24.0 Å². The van der Waals surface area contributed by atoms with Crippen LogP contribution in [-0.4, -0.2) is 22.4 Å². The summed E-state index contributed by atoms with van der Waals surface area (Å²) in [5, 5.41) is 2.87. The van der Waals surface area contributed by atoms with Crippen LogP contribution in [0.25, 0.3) is 5.65 Å². The van der Waals surface area contributed by atoms with Gasteiger partial charge in [-0.2, -0.15) is 0 Å². The highest BCUT2D eigenvalue weighted by atomic mass is 16.5. The fourth-order valence-electron chi connectivity index (χ4n) is 3.40. The minimum Gasteiger partial charge on any atom is -0.496 e. The second-order valence-electron chi connectivity index (χ2n) is 7.39. The summed E-state index contributed by atoms with van der Waals surface area (Å²) >= 11 is 0. The third-order valence-corrected chi connectivity index (χ3v) is 5.11. The highest BCUT2D eigenvalue weighted by Crippen LogP contribution is 2.25. The van der Waals surface area contributed by atoms with E-state index in [2.05, 4.69) is 10.3 Å². The molecule has 0 unspecified atom stereocenters. The molecule has 2 aromatic carbocycles. The van der Waals surface area contributed by atoms with Crippen LogP contribution in [0.1, 0.15) is 27.2 Å². The molecule has 0 atom stereocenters. The van der Waals surface area contributed by atoms with Crippen molar-refractivity contribution in [3.05, 3.63) is 99.6 Å². The number of aromatic nitrogens is 2. The number of rotatable bonds is 6. The van der Waals surface area contributed by atoms with Gasteiger partial charge in [0.2, 0.25) is 0 Å². The number of methoxy groups -OCH3 is 1. The Labute approximate surface area is 185 Å². The number of carbonyl (C=O) groups excluding carboxylic acids is 1. The molecule has 162 valence electrons. The van der Waals surface area contributed by atoms with Gasteiger partial charge in [0.05, 0.1) is 18.4 Å². The van der Waals surface area contributed by atoms with Gasteiger partial charge in [0.1, 0.15) is 23.8 Å². The normalized spacial score (nSPS) is 10.7. The van der Waals surface area contributed by atoms with Gasteiger partial charge in [-0.05, 0) is 49.2 Å². The summed E-state index contributed by atoms with van der Waals surface area (Å²) in [5.41, 5.74) is 3.81. The standard InChI is InChI=1S/C25H23N3O4/c1-16-10-11-18(27-25(30)20-8-4-5-9-21(20)31-3)13-22(16)32-15-19-14-23(29)28-12-6-7-17(2)24(28)26-19/h4-14H,15H2,1-3H3,(H,27,30). The number of pyridine rings is 1. The highest BCUT2D eigenvalue weighted by molar-refractivity contribution is 6.06. The SMILES string of the molecule is COc1ccccc1C(=O)Nc1ccc(C)c(OCc2cc(=O)n3cccc(C)c3n2)c1. The summed E-state index contributed by atoms with van der Waals surface area (Å²) in [6.07, 6.45) is 1.69. The minimum absolute atomic E-state index is 0.130. The lowest BCUT2D eigenvalue weighted by atomic mass is 10.1. The summed E-state index contributed by atoms with van der Waals surface area (Å²) in [4.78, 5) is 29.7. The zero-order valence-electron chi connectivity index (χ0n) is 18.1. The summed E-state index contributed by atoms with van der Waals surface area (Å²) in [6.45, 7) is 3.95. The van der Waals surface area contributed by atoms with Crippen LogP contribution in [0.4, 0.5) is 5.69 Å². The first-order chi connectivity index (χ1) is 15.5. The van der Waals surface area contributed by atoms with Crippen molar-refractivity contribution in [1.82, 2.24) is 9.38 Å². The number of fused-ring (bicyclic) bond motifs is 1. The monoisotopic (exact) mass is 429 g/mol. The molecular weight excluding hydrogens is 406 g/mol. The molecular formula is C25H23N3O4. The highest BCUT2D eigenvalue weighted by Gasteiger charge is 2.13. The second-order valence-corrected chi connectivity index (χ2v) is 7.39. The van der Waals surface area contributed by atoms with Crippen LogP contribution in [0.3, 0.4) is 0 Å². The molecule has 0 aliphatic rings. The average Bonchev–Trinajstić information content (AvgIpc) is 2.80. The molecule has 2 aromatic heterocycles. The Balaban J connectivity index is 1.54. The van der Waals surface area contributed by atoms with Crippen molar-refractivity contribution in [3.63, 3.8) is 0 Å². The van der Waals surface area contributed by atoms with Crippen LogP contribution in [-0.2, 0) is 6.61 Å². The van der Waals surface area contributed by atoms with Gasteiger partial charge in [-0.1, -0.05) is 24.3 Å². The van der Waals surface area contributed by atoms with Gasteiger partial charge >= 0.3 is 0 Å². The van der Waals surface area contributed by atoms with Crippen LogP contribution in [0.15, 0.2) is 71.7 Å². The van der Waals surface area contributed by atoms with Crippen LogP contribution < -0.4 is 20.3 Å². The van der Waals surface area contributed by atoms with Gasteiger partial charge < -0.3 is 14.8 Å². The van der Waals surface area contributed by atoms with Gasteiger partial charge in [-0.3, -0.25) is 14.0 Å². The summed E-state index contributed by atoms with van der Waals surface area (Å²) in [7, 11) is 1.53. The van der Waals surface area contributed by atoms with Crippen molar-refractivity contribution in [1.29, 1.82) is 0 Å². The summed E-state index contributed by atoms with van der Waals surface area (Å²) in [5.74, 6) is 0.809. The first-order valence-electron chi connectivity index (χ1n) is 10.1. The van der Waals surface area contributed by atoms with E-state index in [-0.39, 0.29) is 18.1 Å². The van der Waals surface area contributed by atoms with E-state index in [0.29, 0.717) is 34.1 Å². The molecule has 0 radical (unpaired) electrons. The topological polar surface area (TPSA) is 81.9 Å². The van der Waals surface area contributed by atoms with E-state index in [1.807, 2.05) is 38.1 Å². The van der Waals surface area contributed by atoms with Crippen LogP contribution >= 0.6 is 0 Å². The molecule has 4 rings (SSSR count). The number of anilines is 1. The first-order valence-corrected chi connectivity index (χ1v) is 10.1. The molecule has 2 heterocycles. The molecule has 4 aromatic rings. The number of para-hydroxylation sites is 1. The Hall–Kier alpha value is -4.13. The van der Waals surface area contributed by atoms with E-state index in [0.717, 1.165) is 11.1 Å². The zero-order valence-corrected chi connectivity index (χ0v) is 18.1. The van der Waals surface area contributed by atoms with Gasteiger partial charge in [0.15, 0.2) is 0 Å². The molecule has 7 heteroatoms. The lowest BCUT2D eigenvalue weighted by Gasteiger charge is -2.13. The predicted octanol–water partition coefficient (Wildman–Crippen LogP) is 4.15. The van der Waals surface area contributed by atoms with Gasteiger partial charge in [-0.15, -0.1) is 0 Å². The van der Waals surface area contributed by atoms with Crippen LogP contribution in [0, 0.1) is 13.8 Å². The maximum absolute atomic E-state index is 12.7. The maximum Gasteiger partial charge on any atom is 0.259 e. The molecule has 1 amide bonds. The molecule has 0 fully saturated rings. The Kier molecular flexibility index (Phi) is 5.89. The third-order valence-electron chi connectivity index (χ3n) is 5.11. The molecule has 0 saturated carbocycles. The minimum atomic E-state index is -0.281. The summed E-state index contributed by atoms with van der Waals surface area (Å²) in [6, 6.07) is 17.6. The van der Waals surface area contributed by atoms with Crippen molar-refractivity contribution in [2.24, 2.45) is 0 Å². The Morgan fingerprint density at radius 3 is 2.62 bits per heavy atom. The number of nitrogens with zero attached hydrogens (tertiary/aromatic N) is 2. The number of benzene rings is 2. The first kappa shape index (κ1) is 21.1. The third kappa shape index (κ3) is 4.32. The van der Waals surface area contributed by atoms with E-state index in [1.54, 1.807) is 36.5 Å². The number of amides is 1. The molecule has 32 heavy (non-hydrogen) atoms. The number of nitrogens with one attached hydrogen (secondary N) is 1. The van der Waals surface area contributed by atoms with Crippen molar-refractivity contribution in [3.8, 4) is 11.5 Å². The number of aryl methyl sites for hydroxylation is 2. The lowest BCUT2D eigenvalue weighted by molar-refractivity contribution is 0.102. The smallest absolute Gasteiger partial charge is 0.259 e. The van der Waals surface area contributed by atoms with Crippen molar-refractivity contribution >= 4 is 17.2 Å². The molecule has 7 nitrogen and oxygen atoms in total. The van der Waals surface area contributed by atoms with Crippen LogP contribution in [0.2, 0.25) is 0 Å². The largest absolute Gasteiger partial charge is 0.496 e. The van der Waals surface area contributed by atoms with E-state index in [1.165, 1.54) is 17.6 Å². The number of hydrogen-bond acceptors (Lipinski definition) is 5. The molecule has 0 aliphatic carbocycles. The molecule has 0 bridgehead atoms. The van der Waals surface area contributed by atoms with Gasteiger partial charge in [-0.25, -0.2) is 4.98 Å². The average molecular weight is 429 g/mol.